The number of nitrogens with zero attached hydrogens (tertiary/aromatic N) is 2. The molecular weight excluding hydrogens is 332 g/mol. The summed E-state index contributed by atoms with van der Waals surface area (Å²) in [5.41, 5.74) is 2.93. The second-order valence-corrected chi connectivity index (χ2v) is 8.70. The summed E-state index contributed by atoms with van der Waals surface area (Å²) < 4.78 is 0. The van der Waals surface area contributed by atoms with Crippen molar-refractivity contribution in [3.05, 3.63) is 30.0 Å². The molecule has 0 bridgehead atoms. The van der Waals surface area contributed by atoms with E-state index in [1.807, 2.05) is 23.7 Å². The largest absolute Gasteiger partial charge is 0.346 e. The molecule has 0 fully saturated rings. The van der Waals surface area contributed by atoms with Crippen LogP contribution in [-0.4, -0.2) is 20.9 Å². The lowest BCUT2D eigenvalue weighted by atomic mass is 9.84. The third-order valence-corrected chi connectivity index (χ3v) is 4.83. The van der Waals surface area contributed by atoms with E-state index >= 15 is 0 Å². The van der Waals surface area contributed by atoms with Gasteiger partial charge in [-0.2, -0.15) is 0 Å². The number of aromatic amines is 1. The van der Waals surface area contributed by atoms with Gasteiger partial charge in [0.1, 0.15) is 12.0 Å². The van der Waals surface area contributed by atoms with Crippen molar-refractivity contribution in [2.24, 2.45) is 11.3 Å². The Morgan fingerprint density at radius 3 is 2.96 bits per heavy atom. The van der Waals surface area contributed by atoms with Gasteiger partial charge in [-0.3, -0.25) is 4.79 Å². The molecule has 3 rings (SSSR count). The first-order valence-corrected chi connectivity index (χ1v) is 9.36. The van der Waals surface area contributed by atoms with E-state index in [-0.39, 0.29) is 12.7 Å². The van der Waals surface area contributed by atoms with Gasteiger partial charge in [-0.25, -0.2) is 9.97 Å². The van der Waals surface area contributed by atoms with Gasteiger partial charge in [-0.15, -0.1) is 11.3 Å². The van der Waals surface area contributed by atoms with Gasteiger partial charge in [0.05, 0.1) is 10.7 Å². The number of H-pyrrole nitrogens is 1. The van der Waals surface area contributed by atoms with Gasteiger partial charge in [-0.1, -0.05) is 27.7 Å². The Morgan fingerprint density at radius 2 is 2.20 bits per heavy atom. The van der Waals surface area contributed by atoms with Crippen molar-refractivity contribution in [2.45, 2.75) is 40.5 Å². The fraction of sp³-hybridized carbons (Fsp3) is 0.421. The van der Waals surface area contributed by atoms with Gasteiger partial charge in [0.25, 0.3) is 0 Å². The van der Waals surface area contributed by atoms with Gasteiger partial charge in [-0.05, 0) is 29.9 Å². The second kappa shape index (κ2) is 6.96. The molecule has 0 spiro atoms. The highest BCUT2D eigenvalue weighted by Gasteiger charge is 2.18. The standard InChI is InChI=1S/C19H24N4OS.H2/c1-12(9-19(2,3)4)7-15(24)23-16-8-13(10-25-16)17-14-5-6-20-18(14)22-11-21-17;/h5-6,8,10-12H,7,9H2,1-4H3,(H,23,24)(H,20,21,22);1H. The van der Waals surface area contributed by atoms with E-state index in [4.69, 9.17) is 0 Å². The molecule has 0 aromatic carbocycles. The van der Waals surface area contributed by atoms with E-state index in [1.165, 1.54) is 11.3 Å². The molecule has 6 heteroatoms. The number of amides is 1. The maximum absolute atomic E-state index is 12.3. The molecule has 3 heterocycles. The van der Waals surface area contributed by atoms with Gasteiger partial charge in [0, 0.05) is 30.4 Å². The van der Waals surface area contributed by atoms with Crippen LogP contribution in [0.4, 0.5) is 5.00 Å². The topological polar surface area (TPSA) is 70.7 Å². The van der Waals surface area contributed by atoms with Crippen molar-refractivity contribution < 1.29 is 6.22 Å². The van der Waals surface area contributed by atoms with Crippen LogP contribution in [0.15, 0.2) is 30.0 Å². The van der Waals surface area contributed by atoms with Crippen LogP contribution in [0, 0.1) is 11.3 Å². The van der Waals surface area contributed by atoms with Crippen molar-refractivity contribution in [2.75, 3.05) is 5.32 Å². The predicted molar refractivity (Wildman–Crippen MR) is 106 cm³/mol. The van der Waals surface area contributed by atoms with Gasteiger partial charge < -0.3 is 10.3 Å². The van der Waals surface area contributed by atoms with Crippen LogP contribution in [0.25, 0.3) is 22.3 Å². The Labute approximate surface area is 153 Å². The molecule has 3 aromatic heterocycles. The summed E-state index contributed by atoms with van der Waals surface area (Å²) >= 11 is 1.52. The van der Waals surface area contributed by atoms with E-state index in [9.17, 15) is 4.79 Å². The van der Waals surface area contributed by atoms with Gasteiger partial charge in [0.2, 0.25) is 5.91 Å². The maximum Gasteiger partial charge on any atom is 0.225 e. The number of anilines is 1. The molecule has 0 saturated heterocycles. The van der Waals surface area contributed by atoms with E-state index in [2.05, 4.69) is 48.0 Å². The number of aromatic nitrogens is 3. The minimum Gasteiger partial charge on any atom is -0.346 e. The monoisotopic (exact) mass is 358 g/mol. The van der Waals surface area contributed by atoms with Crippen molar-refractivity contribution in [1.29, 1.82) is 0 Å². The molecule has 0 aliphatic heterocycles. The second-order valence-electron chi connectivity index (χ2n) is 7.78. The Hall–Kier alpha value is -2.21. The molecule has 5 nitrogen and oxygen atoms in total. The molecule has 0 radical (unpaired) electrons. The van der Waals surface area contributed by atoms with Crippen LogP contribution in [-0.2, 0) is 4.79 Å². The summed E-state index contributed by atoms with van der Waals surface area (Å²) in [4.78, 5) is 24.0. The molecule has 25 heavy (non-hydrogen) atoms. The zero-order valence-corrected chi connectivity index (χ0v) is 15.9. The number of nitrogens with one attached hydrogen (secondary N) is 2. The summed E-state index contributed by atoms with van der Waals surface area (Å²) in [6.07, 6.45) is 4.98. The lowest BCUT2D eigenvalue weighted by Gasteiger charge is -2.22. The number of fused-ring (bicyclic) bond motifs is 1. The molecule has 2 N–H and O–H groups in total. The molecular formula is C19H26N4OS. The van der Waals surface area contributed by atoms with E-state index in [0.717, 1.165) is 33.7 Å². The number of carbonyl (C=O) groups is 1. The average Bonchev–Trinajstić information content (AvgIpc) is 3.12. The minimum atomic E-state index is 0. The number of hydrogen-bond acceptors (Lipinski definition) is 4. The fourth-order valence-electron chi connectivity index (χ4n) is 3.25. The first kappa shape index (κ1) is 17.6. The highest BCUT2D eigenvalue weighted by molar-refractivity contribution is 7.14. The molecule has 134 valence electrons. The summed E-state index contributed by atoms with van der Waals surface area (Å²) in [6.45, 7) is 8.75. The highest BCUT2D eigenvalue weighted by Crippen LogP contribution is 2.32. The summed E-state index contributed by atoms with van der Waals surface area (Å²) in [6, 6.07) is 3.94. The van der Waals surface area contributed by atoms with E-state index in [1.54, 1.807) is 6.33 Å². The van der Waals surface area contributed by atoms with Gasteiger partial charge >= 0.3 is 0 Å². The number of carbonyl (C=O) groups excluding carboxylic acids is 1. The summed E-state index contributed by atoms with van der Waals surface area (Å²) in [5.74, 6) is 0.431. The smallest absolute Gasteiger partial charge is 0.225 e. The quantitative estimate of drug-likeness (QED) is 0.647. The van der Waals surface area contributed by atoms with Crippen LogP contribution in [0.3, 0.4) is 0 Å². The normalized spacial score (nSPS) is 13.1. The summed E-state index contributed by atoms with van der Waals surface area (Å²) in [5, 5.41) is 6.87. The van der Waals surface area contributed by atoms with Crippen LogP contribution < -0.4 is 5.32 Å². The summed E-state index contributed by atoms with van der Waals surface area (Å²) in [7, 11) is 0. The van der Waals surface area contributed by atoms with Crippen LogP contribution in [0.2, 0.25) is 0 Å². The highest BCUT2D eigenvalue weighted by atomic mass is 32.1. The van der Waals surface area contributed by atoms with Crippen LogP contribution >= 0.6 is 11.3 Å². The number of thiophene rings is 1. The Morgan fingerprint density at radius 1 is 1.40 bits per heavy atom. The zero-order valence-electron chi connectivity index (χ0n) is 15.1. The molecule has 1 amide bonds. The molecule has 3 aromatic rings. The van der Waals surface area contributed by atoms with Crippen LogP contribution in [0.1, 0.15) is 42.0 Å². The van der Waals surface area contributed by atoms with E-state index < -0.39 is 0 Å². The average molecular weight is 359 g/mol. The van der Waals surface area contributed by atoms with Crippen molar-refractivity contribution >= 4 is 33.3 Å². The lowest BCUT2D eigenvalue weighted by Crippen LogP contribution is -2.18. The zero-order chi connectivity index (χ0) is 18.0. The van der Waals surface area contributed by atoms with Crippen LogP contribution in [0.5, 0.6) is 0 Å². The van der Waals surface area contributed by atoms with E-state index in [0.29, 0.717) is 12.3 Å². The molecule has 0 saturated carbocycles. The number of rotatable bonds is 5. The first-order chi connectivity index (χ1) is 11.8. The third-order valence-electron chi connectivity index (χ3n) is 3.98. The fourth-order valence-corrected chi connectivity index (χ4v) is 4.05. The Bertz CT molecular complexity index is 881. The minimum absolute atomic E-state index is 0. The Balaban J connectivity index is 0.00000243. The first-order valence-electron chi connectivity index (χ1n) is 8.49. The SMILES string of the molecule is CC(CC(=O)Nc1cc(-c2ncnc3[nH]ccc23)cs1)CC(C)(C)C.[HH]. The Kier molecular flexibility index (Phi) is 4.90. The van der Waals surface area contributed by atoms with Gasteiger partial charge in [0.15, 0.2) is 0 Å². The molecule has 0 aliphatic carbocycles. The van der Waals surface area contributed by atoms with Crippen molar-refractivity contribution in [3.63, 3.8) is 0 Å². The molecule has 0 aliphatic rings. The molecule has 1 unspecified atom stereocenters. The maximum atomic E-state index is 12.3. The van der Waals surface area contributed by atoms with Crippen molar-refractivity contribution in [3.8, 4) is 11.3 Å². The predicted octanol–water partition coefficient (Wildman–Crippen LogP) is 5.33. The number of hydrogen-bond donors (Lipinski definition) is 2. The third kappa shape index (κ3) is 4.45. The lowest BCUT2D eigenvalue weighted by molar-refractivity contribution is -0.117. The van der Waals surface area contributed by atoms with Crippen molar-refractivity contribution in [1.82, 2.24) is 15.0 Å². The molecule has 1 atom stereocenters.